The lowest BCUT2D eigenvalue weighted by Gasteiger charge is -2.26. The minimum atomic E-state index is -4.08. The molecule has 0 spiro atoms. The number of aromatic nitrogens is 4. The van der Waals surface area contributed by atoms with Gasteiger partial charge < -0.3 is 4.57 Å². The fourth-order valence-corrected chi connectivity index (χ4v) is 4.24. The van der Waals surface area contributed by atoms with Crippen LogP contribution >= 0.6 is 0 Å². The summed E-state index contributed by atoms with van der Waals surface area (Å²) in [7, 11) is 0. The van der Waals surface area contributed by atoms with E-state index in [2.05, 4.69) is 19.5 Å². The summed E-state index contributed by atoms with van der Waals surface area (Å²) in [6, 6.07) is 9.96. The van der Waals surface area contributed by atoms with Crippen LogP contribution in [0.3, 0.4) is 0 Å². The summed E-state index contributed by atoms with van der Waals surface area (Å²) in [5.74, 6) is 0.393. The van der Waals surface area contributed by atoms with E-state index in [-0.39, 0.29) is 12.0 Å². The normalized spacial score (nSPS) is 20.5. The molecule has 158 valence electrons. The van der Waals surface area contributed by atoms with Crippen LogP contribution in [0, 0.1) is 5.92 Å². The number of imidazole rings is 1. The zero-order valence-corrected chi connectivity index (χ0v) is 16.7. The summed E-state index contributed by atoms with van der Waals surface area (Å²) < 4.78 is 40.4. The van der Waals surface area contributed by atoms with Gasteiger partial charge in [-0.05, 0) is 25.2 Å². The maximum absolute atomic E-state index is 12.8. The molecule has 0 bridgehead atoms. The predicted octanol–water partition coefficient (Wildman–Crippen LogP) is 6.47. The third kappa shape index (κ3) is 5.26. The van der Waals surface area contributed by atoms with E-state index in [1.165, 1.54) is 0 Å². The molecule has 0 radical (unpaired) electrons. The molecule has 2 aromatic heterocycles. The van der Waals surface area contributed by atoms with E-state index < -0.39 is 12.6 Å². The fourth-order valence-electron chi connectivity index (χ4n) is 4.24. The first-order valence-corrected chi connectivity index (χ1v) is 10.5. The topological polar surface area (TPSA) is 43.6 Å². The van der Waals surface area contributed by atoms with Crippen molar-refractivity contribution in [3.8, 4) is 22.6 Å². The summed E-state index contributed by atoms with van der Waals surface area (Å²) >= 11 is 0. The lowest BCUT2D eigenvalue weighted by molar-refractivity contribution is -0.146. The number of halogens is 3. The van der Waals surface area contributed by atoms with E-state index in [0.29, 0.717) is 18.7 Å². The number of rotatable bonds is 4. The van der Waals surface area contributed by atoms with Crippen LogP contribution in [-0.4, -0.2) is 25.7 Å². The highest BCUT2D eigenvalue weighted by Crippen LogP contribution is 2.36. The standard InChI is InChI=1S/C23H25F3N4/c24-23(25,26)12-17-6-4-5-9-20(11-10-17)30-15-21(29-16-30)19-13-27-22(28-14-19)18-7-2-1-3-8-18/h1-3,7-8,13-17,20H,4-6,9-12H2. The molecule has 1 aliphatic rings. The Balaban J connectivity index is 1.44. The van der Waals surface area contributed by atoms with Crippen LogP contribution in [0.1, 0.15) is 51.0 Å². The zero-order valence-electron chi connectivity index (χ0n) is 16.7. The molecule has 1 saturated carbocycles. The van der Waals surface area contributed by atoms with Crippen molar-refractivity contribution in [1.82, 2.24) is 19.5 Å². The smallest absolute Gasteiger partial charge is 0.334 e. The van der Waals surface area contributed by atoms with E-state index in [0.717, 1.165) is 42.5 Å². The first kappa shape index (κ1) is 20.6. The van der Waals surface area contributed by atoms with E-state index in [1.54, 1.807) is 18.7 Å². The van der Waals surface area contributed by atoms with E-state index in [4.69, 9.17) is 0 Å². The highest BCUT2D eigenvalue weighted by Gasteiger charge is 2.32. The molecule has 4 rings (SSSR count). The summed E-state index contributed by atoms with van der Waals surface area (Å²) in [6.45, 7) is 0. The lowest BCUT2D eigenvalue weighted by atomic mass is 9.86. The average Bonchev–Trinajstić information content (AvgIpc) is 3.20. The van der Waals surface area contributed by atoms with Gasteiger partial charge in [0.15, 0.2) is 5.82 Å². The number of benzene rings is 1. The Hall–Kier alpha value is -2.70. The van der Waals surface area contributed by atoms with Crippen molar-refractivity contribution < 1.29 is 13.2 Å². The van der Waals surface area contributed by atoms with Gasteiger partial charge in [0.25, 0.3) is 0 Å². The Kier molecular flexibility index (Phi) is 6.16. The van der Waals surface area contributed by atoms with Crippen LogP contribution in [0.5, 0.6) is 0 Å². The minimum Gasteiger partial charge on any atom is -0.334 e. The van der Waals surface area contributed by atoms with Crippen LogP contribution in [0.15, 0.2) is 55.2 Å². The van der Waals surface area contributed by atoms with Crippen LogP contribution in [0.2, 0.25) is 0 Å². The molecule has 1 aliphatic carbocycles. The second-order valence-electron chi connectivity index (χ2n) is 8.07. The molecule has 2 atom stereocenters. The van der Waals surface area contributed by atoms with Gasteiger partial charge in [-0.2, -0.15) is 13.2 Å². The number of alkyl halides is 3. The van der Waals surface area contributed by atoms with Crippen molar-refractivity contribution in [1.29, 1.82) is 0 Å². The molecule has 4 nitrogen and oxygen atoms in total. The van der Waals surface area contributed by atoms with Crippen molar-refractivity contribution in [2.75, 3.05) is 0 Å². The van der Waals surface area contributed by atoms with Gasteiger partial charge in [-0.15, -0.1) is 0 Å². The SMILES string of the molecule is FC(F)(F)CC1CCCCC(n2cnc(-c3cnc(-c4ccccc4)nc3)c2)CC1. The van der Waals surface area contributed by atoms with Crippen molar-refractivity contribution in [3.63, 3.8) is 0 Å². The van der Waals surface area contributed by atoms with Crippen LogP contribution in [0.25, 0.3) is 22.6 Å². The highest BCUT2D eigenvalue weighted by molar-refractivity contribution is 5.60. The van der Waals surface area contributed by atoms with Gasteiger partial charge in [-0.25, -0.2) is 15.0 Å². The zero-order chi connectivity index (χ0) is 21.0. The largest absolute Gasteiger partial charge is 0.389 e. The van der Waals surface area contributed by atoms with Gasteiger partial charge in [-0.1, -0.05) is 49.6 Å². The van der Waals surface area contributed by atoms with E-state index >= 15 is 0 Å². The molecule has 2 heterocycles. The maximum atomic E-state index is 12.8. The van der Waals surface area contributed by atoms with Crippen LogP contribution in [0.4, 0.5) is 13.2 Å². The molecular formula is C23H25F3N4. The van der Waals surface area contributed by atoms with Crippen LogP contribution in [-0.2, 0) is 0 Å². The third-order valence-corrected chi connectivity index (χ3v) is 5.83. The fraction of sp³-hybridized carbons (Fsp3) is 0.435. The Morgan fingerprint density at radius 2 is 1.60 bits per heavy atom. The molecule has 0 amide bonds. The van der Waals surface area contributed by atoms with Crippen molar-refractivity contribution in [2.24, 2.45) is 5.92 Å². The minimum absolute atomic E-state index is 0.187. The van der Waals surface area contributed by atoms with Gasteiger partial charge in [0.05, 0.1) is 12.0 Å². The molecule has 0 N–H and O–H groups in total. The van der Waals surface area contributed by atoms with Gasteiger partial charge in [-0.3, -0.25) is 0 Å². The Bertz CT molecular complexity index is 935. The summed E-state index contributed by atoms with van der Waals surface area (Å²) in [6.07, 6.45) is 7.33. The summed E-state index contributed by atoms with van der Waals surface area (Å²) in [5.41, 5.74) is 2.57. The molecule has 7 heteroatoms. The first-order valence-electron chi connectivity index (χ1n) is 10.5. The van der Waals surface area contributed by atoms with Gasteiger partial charge >= 0.3 is 6.18 Å². The number of hydrogen-bond acceptors (Lipinski definition) is 3. The van der Waals surface area contributed by atoms with Gasteiger partial charge in [0, 0.05) is 42.2 Å². The monoisotopic (exact) mass is 414 g/mol. The highest BCUT2D eigenvalue weighted by atomic mass is 19.4. The quantitative estimate of drug-likeness (QED) is 0.491. The Morgan fingerprint density at radius 3 is 2.33 bits per heavy atom. The molecule has 1 fully saturated rings. The number of hydrogen-bond donors (Lipinski definition) is 0. The molecule has 1 aromatic carbocycles. The second kappa shape index (κ2) is 8.98. The summed E-state index contributed by atoms with van der Waals surface area (Å²) in [5, 5.41) is 0. The van der Waals surface area contributed by atoms with Crippen molar-refractivity contribution in [3.05, 3.63) is 55.2 Å². The van der Waals surface area contributed by atoms with Crippen molar-refractivity contribution in [2.45, 2.75) is 57.2 Å². The van der Waals surface area contributed by atoms with Crippen LogP contribution < -0.4 is 0 Å². The molecule has 0 aliphatic heterocycles. The molecule has 0 saturated heterocycles. The lowest BCUT2D eigenvalue weighted by Crippen LogP contribution is -2.19. The van der Waals surface area contributed by atoms with E-state index in [9.17, 15) is 13.2 Å². The van der Waals surface area contributed by atoms with Crippen molar-refractivity contribution >= 4 is 0 Å². The molecule has 3 aromatic rings. The maximum Gasteiger partial charge on any atom is 0.389 e. The molecular weight excluding hydrogens is 389 g/mol. The van der Waals surface area contributed by atoms with E-state index in [1.807, 2.05) is 36.5 Å². The first-order chi connectivity index (χ1) is 14.5. The Morgan fingerprint density at radius 1 is 0.867 bits per heavy atom. The van der Waals surface area contributed by atoms with Gasteiger partial charge in [0.1, 0.15) is 0 Å². The number of nitrogens with zero attached hydrogens (tertiary/aromatic N) is 4. The average molecular weight is 414 g/mol. The Labute approximate surface area is 174 Å². The predicted molar refractivity (Wildman–Crippen MR) is 110 cm³/mol. The second-order valence-corrected chi connectivity index (χ2v) is 8.07. The summed E-state index contributed by atoms with van der Waals surface area (Å²) in [4.78, 5) is 13.4. The molecule has 30 heavy (non-hydrogen) atoms. The third-order valence-electron chi connectivity index (χ3n) is 5.83. The molecule has 2 unspecified atom stereocenters. The van der Waals surface area contributed by atoms with Gasteiger partial charge in [0.2, 0.25) is 0 Å².